The van der Waals surface area contributed by atoms with Crippen molar-refractivity contribution in [1.29, 1.82) is 0 Å². The lowest BCUT2D eigenvalue weighted by Crippen LogP contribution is -2.25. The maximum absolute atomic E-state index is 11.1. The van der Waals surface area contributed by atoms with E-state index in [0.717, 1.165) is 25.8 Å². The van der Waals surface area contributed by atoms with Gasteiger partial charge in [0.15, 0.2) is 0 Å². The summed E-state index contributed by atoms with van der Waals surface area (Å²) in [5, 5.41) is 3.23. The summed E-state index contributed by atoms with van der Waals surface area (Å²) >= 11 is 0. The molecule has 0 aliphatic rings. The lowest BCUT2D eigenvalue weighted by atomic mass is 10.1. The average Bonchev–Trinajstić information content (AvgIpc) is 2.00. The van der Waals surface area contributed by atoms with Gasteiger partial charge in [0, 0.05) is 25.4 Å². The molecule has 0 heterocycles. The minimum atomic E-state index is 0.394. The molecule has 0 unspecified atom stereocenters. The Kier molecular flexibility index (Phi) is 7.06. The van der Waals surface area contributed by atoms with Crippen LogP contribution in [0.4, 0.5) is 0 Å². The van der Waals surface area contributed by atoms with E-state index < -0.39 is 0 Å². The third-order valence-corrected chi connectivity index (χ3v) is 1.77. The van der Waals surface area contributed by atoms with E-state index >= 15 is 0 Å². The van der Waals surface area contributed by atoms with E-state index in [1.54, 1.807) is 0 Å². The molecule has 0 saturated carbocycles. The number of nitrogens with one attached hydrogen (secondary N) is 1. The highest BCUT2D eigenvalue weighted by molar-refractivity contribution is 5.78. The Bertz CT molecular complexity index is 121. The molecule has 0 aromatic carbocycles. The second-order valence-electron chi connectivity index (χ2n) is 3.50. The fourth-order valence-electron chi connectivity index (χ4n) is 0.999. The van der Waals surface area contributed by atoms with Crippen LogP contribution in [-0.2, 0) is 4.79 Å². The summed E-state index contributed by atoms with van der Waals surface area (Å²) < 4.78 is 0. The zero-order valence-corrected chi connectivity index (χ0v) is 8.52. The molecule has 0 radical (unpaired) electrons. The van der Waals surface area contributed by atoms with E-state index in [2.05, 4.69) is 26.1 Å². The fraction of sp³-hybridized carbons (Fsp3) is 0.900. The van der Waals surface area contributed by atoms with Crippen LogP contribution in [0.1, 0.15) is 46.5 Å². The van der Waals surface area contributed by atoms with Crippen molar-refractivity contribution < 1.29 is 4.79 Å². The number of carbonyl (C=O) groups excluding carboxylic acids is 1. The van der Waals surface area contributed by atoms with E-state index in [4.69, 9.17) is 0 Å². The van der Waals surface area contributed by atoms with Gasteiger partial charge in [-0.05, 0) is 6.42 Å². The molecule has 2 nitrogen and oxygen atoms in total. The molecule has 0 bridgehead atoms. The van der Waals surface area contributed by atoms with E-state index in [1.807, 2.05) is 0 Å². The van der Waals surface area contributed by atoms with E-state index in [-0.39, 0.29) is 0 Å². The highest BCUT2D eigenvalue weighted by atomic mass is 16.1. The number of hydrogen-bond acceptors (Lipinski definition) is 2. The number of carbonyl (C=O) groups is 1. The molecule has 0 aliphatic carbocycles. The van der Waals surface area contributed by atoms with E-state index in [0.29, 0.717) is 18.2 Å². The van der Waals surface area contributed by atoms with Gasteiger partial charge in [-0.1, -0.05) is 27.2 Å². The highest BCUT2D eigenvalue weighted by Crippen LogP contribution is 1.97. The summed E-state index contributed by atoms with van der Waals surface area (Å²) in [6, 6.07) is 0.490. The number of unbranched alkanes of at least 4 members (excludes halogenated alkanes) is 1. The molecule has 2 heteroatoms. The average molecular weight is 171 g/mol. The Morgan fingerprint density at radius 1 is 1.33 bits per heavy atom. The van der Waals surface area contributed by atoms with Gasteiger partial charge in [-0.25, -0.2) is 0 Å². The summed E-state index contributed by atoms with van der Waals surface area (Å²) in [4.78, 5) is 11.1. The van der Waals surface area contributed by atoms with Crippen LogP contribution in [0.15, 0.2) is 0 Å². The second-order valence-corrected chi connectivity index (χ2v) is 3.50. The van der Waals surface area contributed by atoms with Gasteiger partial charge >= 0.3 is 0 Å². The third kappa shape index (κ3) is 7.73. The van der Waals surface area contributed by atoms with Gasteiger partial charge < -0.3 is 5.32 Å². The van der Waals surface area contributed by atoms with Crippen molar-refractivity contribution in [3.05, 3.63) is 0 Å². The van der Waals surface area contributed by atoms with Crippen molar-refractivity contribution in [3.8, 4) is 0 Å². The predicted octanol–water partition coefficient (Wildman–Crippen LogP) is 2.13. The van der Waals surface area contributed by atoms with Gasteiger partial charge in [-0.2, -0.15) is 0 Å². The van der Waals surface area contributed by atoms with Crippen LogP contribution in [0.5, 0.6) is 0 Å². The molecule has 72 valence electrons. The second kappa shape index (κ2) is 7.29. The molecular weight excluding hydrogens is 150 g/mol. The van der Waals surface area contributed by atoms with Crippen molar-refractivity contribution in [3.63, 3.8) is 0 Å². The molecule has 0 atom stereocenters. The smallest absolute Gasteiger partial charge is 0.134 e. The normalized spacial score (nSPS) is 10.7. The lowest BCUT2D eigenvalue weighted by Gasteiger charge is -2.06. The van der Waals surface area contributed by atoms with Crippen molar-refractivity contribution in [2.24, 2.45) is 0 Å². The molecule has 0 fully saturated rings. The predicted molar refractivity (Wildman–Crippen MR) is 52.3 cm³/mol. The first-order valence-corrected chi connectivity index (χ1v) is 4.92. The lowest BCUT2D eigenvalue weighted by molar-refractivity contribution is -0.119. The molecule has 1 N–H and O–H groups in total. The number of hydrogen-bond donors (Lipinski definition) is 1. The summed E-state index contributed by atoms with van der Waals surface area (Å²) in [5.74, 6) is 0.394. The number of rotatable bonds is 7. The molecule has 0 aliphatic heterocycles. The molecule has 0 saturated heterocycles. The zero-order valence-electron chi connectivity index (χ0n) is 8.52. The summed E-state index contributed by atoms with van der Waals surface area (Å²) in [5.41, 5.74) is 0. The van der Waals surface area contributed by atoms with Gasteiger partial charge in [0.05, 0.1) is 0 Å². The van der Waals surface area contributed by atoms with Gasteiger partial charge in [0.1, 0.15) is 5.78 Å². The molecule has 0 rings (SSSR count). The molecular formula is C10H21NO. The third-order valence-electron chi connectivity index (χ3n) is 1.77. The SMILES string of the molecule is CCCCC(=O)CCNC(C)C. The molecule has 12 heavy (non-hydrogen) atoms. The van der Waals surface area contributed by atoms with E-state index in [9.17, 15) is 4.79 Å². The van der Waals surface area contributed by atoms with E-state index in [1.165, 1.54) is 0 Å². The minimum Gasteiger partial charge on any atom is -0.314 e. The summed E-state index contributed by atoms with van der Waals surface area (Å²) in [6.07, 6.45) is 3.61. The first-order chi connectivity index (χ1) is 5.66. The van der Waals surface area contributed by atoms with Crippen LogP contribution in [0.2, 0.25) is 0 Å². The Morgan fingerprint density at radius 3 is 2.50 bits per heavy atom. The van der Waals surface area contributed by atoms with Crippen LogP contribution < -0.4 is 5.32 Å². The molecule has 0 aromatic rings. The van der Waals surface area contributed by atoms with Crippen LogP contribution in [0.3, 0.4) is 0 Å². The highest BCUT2D eigenvalue weighted by Gasteiger charge is 2.00. The monoisotopic (exact) mass is 171 g/mol. The largest absolute Gasteiger partial charge is 0.314 e. The number of Topliss-reactive ketones (excluding diaryl/α,β-unsaturated/α-hetero) is 1. The minimum absolute atomic E-state index is 0.394. The van der Waals surface area contributed by atoms with Crippen molar-refractivity contribution >= 4 is 5.78 Å². The van der Waals surface area contributed by atoms with Gasteiger partial charge in [0.25, 0.3) is 0 Å². The van der Waals surface area contributed by atoms with Gasteiger partial charge in [0.2, 0.25) is 0 Å². The maximum atomic E-state index is 11.1. The molecule has 0 amide bonds. The topological polar surface area (TPSA) is 29.1 Å². The first kappa shape index (κ1) is 11.6. The molecule has 0 spiro atoms. The van der Waals surface area contributed by atoms with Crippen LogP contribution in [0.25, 0.3) is 0 Å². The van der Waals surface area contributed by atoms with Crippen molar-refractivity contribution in [1.82, 2.24) is 5.32 Å². The standard InChI is InChI=1S/C10H21NO/c1-4-5-6-10(12)7-8-11-9(2)3/h9,11H,4-8H2,1-3H3. The maximum Gasteiger partial charge on any atom is 0.134 e. The van der Waals surface area contributed by atoms with Crippen molar-refractivity contribution in [2.45, 2.75) is 52.5 Å². The first-order valence-electron chi connectivity index (χ1n) is 4.92. The molecule has 0 aromatic heterocycles. The summed E-state index contributed by atoms with van der Waals surface area (Å²) in [6.45, 7) is 7.13. The van der Waals surface area contributed by atoms with Crippen LogP contribution >= 0.6 is 0 Å². The fourth-order valence-corrected chi connectivity index (χ4v) is 0.999. The Hall–Kier alpha value is -0.370. The quantitative estimate of drug-likeness (QED) is 0.636. The zero-order chi connectivity index (χ0) is 9.40. The Balaban J connectivity index is 3.20. The number of ketones is 1. The van der Waals surface area contributed by atoms with Crippen LogP contribution in [-0.4, -0.2) is 18.4 Å². The van der Waals surface area contributed by atoms with Gasteiger partial charge in [-0.15, -0.1) is 0 Å². The van der Waals surface area contributed by atoms with Gasteiger partial charge in [-0.3, -0.25) is 4.79 Å². The summed E-state index contributed by atoms with van der Waals surface area (Å²) in [7, 11) is 0. The van der Waals surface area contributed by atoms with Crippen molar-refractivity contribution in [2.75, 3.05) is 6.54 Å². The van der Waals surface area contributed by atoms with Crippen LogP contribution in [0, 0.1) is 0 Å². The Labute approximate surface area is 75.7 Å². The Morgan fingerprint density at radius 2 is 2.00 bits per heavy atom.